The lowest BCUT2D eigenvalue weighted by Crippen LogP contribution is -2.22. The summed E-state index contributed by atoms with van der Waals surface area (Å²) in [6.45, 7) is 3.04. The lowest BCUT2D eigenvalue weighted by Gasteiger charge is -2.09. The van der Waals surface area contributed by atoms with Gasteiger partial charge in [0.2, 0.25) is 0 Å². The number of carbonyl (C=O) groups is 1. The van der Waals surface area contributed by atoms with Crippen LogP contribution in [0, 0.1) is 23.2 Å². The van der Waals surface area contributed by atoms with Crippen molar-refractivity contribution >= 4 is 5.78 Å². The first-order valence-electron chi connectivity index (χ1n) is 4.30. The first-order valence-corrected chi connectivity index (χ1v) is 4.30. The largest absolute Gasteiger partial charge is 0.381 e. The summed E-state index contributed by atoms with van der Waals surface area (Å²) in [6, 6.07) is 2.02. The molecule has 1 aliphatic heterocycles. The zero-order valence-electron chi connectivity index (χ0n) is 7.25. The molecule has 1 rings (SSSR count). The molecule has 0 amide bonds. The molecule has 3 heteroatoms. The number of hydrogen-bond acceptors (Lipinski definition) is 3. The van der Waals surface area contributed by atoms with Gasteiger partial charge in [0.15, 0.2) is 5.78 Å². The maximum Gasteiger partial charge on any atom is 0.155 e. The Morgan fingerprint density at radius 2 is 2.58 bits per heavy atom. The van der Waals surface area contributed by atoms with Gasteiger partial charge in [0.25, 0.3) is 0 Å². The van der Waals surface area contributed by atoms with E-state index in [1.807, 2.05) is 13.0 Å². The van der Waals surface area contributed by atoms with E-state index in [2.05, 4.69) is 0 Å². The Morgan fingerprint density at radius 1 is 1.83 bits per heavy atom. The highest BCUT2D eigenvalue weighted by molar-refractivity contribution is 5.85. The highest BCUT2D eigenvalue weighted by Crippen LogP contribution is 2.18. The average Bonchev–Trinajstić information content (AvgIpc) is 2.58. The van der Waals surface area contributed by atoms with Crippen molar-refractivity contribution in [1.29, 1.82) is 5.26 Å². The number of hydrogen-bond donors (Lipinski definition) is 0. The minimum atomic E-state index is -0.420. The molecule has 1 fully saturated rings. The van der Waals surface area contributed by atoms with Crippen LogP contribution in [0.5, 0.6) is 0 Å². The number of nitriles is 1. The SMILES string of the molecule is CCC(C#N)C(=O)C1CCOC1. The van der Waals surface area contributed by atoms with E-state index in [4.69, 9.17) is 10.00 Å². The lowest BCUT2D eigenvalue weighted by atomic mass is 9.91. The van der Waals surface area contributed by atoms with Gasteiger partial charge in [-0.3, -0.25) is 4.79 Å². The average molecular weight is 167 g/mol. The predicted octanol–water partition coefficient (Wildman–Crippen LogP) is 1.14. The van der Waals surface area contributed by atoms with Gasteiger partial charge < -0.3 is 4.74 Å². The van der Waals surface area contributed by atoms with Crippen molar-refractivity contribution in [3.05, 3.63) is 0 Å². The Bertz CT molecular complexity index is 201. The Labute approximate surface area is 72.3 Å². The third-order valence-electron chi connectivity index (χ3n) is 2.24. The highest BCUT2D eigenvalue weighted by Gasteiger charge is 2.28. The Morgan fingerprint density at radius 3 is 3.00 bits per heavy atom. The summed E-state index contributed by atoms with van der Waals surface area (Å²) in [4.78, 5) is 11.5. The topological polar surface area (TPSA) is 50.1 Å². The molecule has 66 valence electrons. The molecule has 0 aliphatic carbocycles. The second-order valence-corrected chi connectivity index (χ2v) is 3.05. The smallest absolute Gasteiger partial charge is 0.155 e. The van der Waals surface area contributed by atoms with Crippen LogP contribution in [0.3, 0.4) is 0 Å². The molecule has 0 N–H and O–H groups in total. The predicted molar refractivity (Wildman–Crippen MR) is 43.3 cm³/mol. The van der Waals surface area contributed by atoms with Crippen molar-refractivity contribution in [2.24, 2.45) is 11.8 Å². The first kappa shape index (κ1) is 9.21. The lowest BCUT2D eigenvalue weighted by molar-refractivity contribution is -0.125. The molecule has 0 bridgehead atoms. The van der Waals surface area contributed by atoms with Gasteiger partial charge in [-0.15, -0.1) is 0 Å². The van der Waals surface area contributed by atoms with Gasteiger partial charge in [-0.1, -0.05) is 6.92 Å². The van der Waals surface area contributed by atoms with E-state index in [9.17, 15) is 4.79 Å². The number of ketones is 1. The molecule has 0 saturated carbocycles. The van der Waals surface area contributed by atoms with Crippen LogP contribution in [-0.2, 0) is 9.53 Å². The van der Waals surface area contributed by atoms with E-state index in [0.29, 0.717) is 19.6 Å². The van der Waals surface area contributed by atoms with E-state index in [-0.39, 0.29) is 11.7 Å². The molecule has 2 atom stereocenters. The molecule has 0 spiro atoms. The molecular weight excluding hydrogens is 154 g/mol. The molecule has 12 heavy (non-hydrogen) atoms. The van der Waals surface area contributed by atoms with Gasteiger partial charge >= 0.3 is 0 Å². The van der Waals surface area contributed by atoms with Crippen LogP contribution < -0.4 is 0 Å². The zero-order chi connectivity index (χ0) is 8.97. The van der Waals surface area contributed by atoms with Crippen molar-refractivity contribution in [2.75, 3.05) is 13.2 Å². The fourth-order valence-electron chi connectivity index (χ4n) is 1.40. The number of ether oxygens (including phenoxy) is 1. The van der Waals surface area contributed by atoms with Crippen LogP contribution in [-0.4, -0.2) is 19.0 Å². The van der Waals surface area contributed by atoms with Gasteiger partial charge in [0, 0.05) is 12.5 Å². The van der Waals surface area contributed by atoms with Gasteiger partial charge in [-0.2, -0.15) is 5.26 Å². The molecular formula is C9H13NO2. The monoisotopic (exact) mass is 167 g/mol. The Kier molecular flexibility index (Phi) is 3.24. The third kappa shape index (κ3) is 1.83. The third-order valence-corrected chi connectivity index (χ3v) is 2.24. The van der Waals surface area contributed by atoms with Crippen molar-refractivity contribution < 1.29 is 9.53 Å². The summed E-state index contributed by atoms with van der Waals surface area (Å²) in [5.41, 5.74) is 0. The van der Waals surface area contributed by atoms with Crippen LogP contribution in [0.15, 0.2) is 0 Å². The van der Waals surface area contributed by atoms with Crippen molar-refractivity contribution in [3.8, 4) is 6.07 Å². The molecule has 1 aliphatic rings. The minimum Gasteiger partial charge on any atom is -0.381 e. The Hall–Kier alpha value is -0.880. The number of rotatable bonds is 3. The van der Waals surface area contributed by atoms with Gasteiger partial charge in [0.1, 0.15) is 5.92 Å². The van der Waals surface area contributed by atoms with E-state index in [0.717, 1.165) is 6.42 Å². The standard InChI is InChI=1S/C9H13NO2/c1-2-7(5-10)9(11)8-3-4-12-6-8/h7-8H,2-4,6H2,1H3. The number of Topliss-reactive ketones (excluding diaryl/α,β-unsaturated/α-hetero) is 1. The van der Waals surface area contributed by atoms with E-state index in [1.54, 1.807) is 0 Å². The van der Waals surface area contributed by atoms with Crippen LogP contribution in [0.4, 0.5) is 0 Å². The summed E-state index contributed by atoms with van der Waals surface area (Å²) in [5.74, 6) is -0.371. The van der Waals surface area contributed by atoms with E-state index >= 15 is 0 Å². The summed E-state index contributed by atoms with van der Waals surface area (Å²) in [5, 5.41) is 8.65. The second kappa shape index (κ2) is 4.22. The summed E-state index contributed by atoms with van der Waals surface area (Å²) < 4.78 is 5.09. The van der Waals surface area contributed by atoms with E-state index < -0.39 is 5.92 Å². The van der Waals surface area contributed by atoms with Crippen molar-refractivity contribution in [3.63, 3.8) is 0 Å². The van der Waals surface area contributed by atoms with Crippen LogP contribution in [0.2, 0.25) is 0 Å². The fraction of sp³-hybridized carbons (Fsp3) is 0.778. The highest BCUT2D eigenvalue weighted by atomic mass is 16.5. The molecule has 2 unspecified atom stereocenters. The zero-order valence-corrected chi connectivity index (χ0v) is 7.25. The molecule has 0 aromatic rings. The number of carbonyl (C=O) groups excluding carboxylic acids is 1. The molecule has 0 aromatic carbocycles. The molecule has 3 nitrogen and oxygen atoms in total. The van der Waals surface area contributed by atoms with Crippen molar-refractivity contribution in [1.82, 2.24) is 0 Å². The van der Waals surface area contributed by atoms with Gasteiger partial charge in [0.05, 0.1) is 12.7 Å². The van der Waals surface area contributed by atoms with Gasteiger partial charge in [-0.25, -0.2) is 0 Å². The maximum atomic E-state index is 11.5. The summed E-state index contributed by atoms with van der Waals surface area (Å²) in [6.07, 6.45) is 1.41. The summed E-state index contributed by atoms with van der Waals surface area (Å²) >= 11 is 0. The molecule has 0 radical (unpaired) electrons. The van der Waals surface area contributed by atoms with E-state index in [1.165, 1.54) is 0 Å². The fourth-order valence-corrected chi connectivity index (χ4v) is 1.40. The maximum absolute atomic E-state index is 11.5. The van der Waals surface area contributed by atoms with Crippen LogP contribution in [0.1, 0.15) is 19.8 Å². The van der Waals surface area contributed by atoms with Crippen molar-refractivity contribution in [2.45, 2.75) is 19.8 Å². The molecule has 1 heterocycles. The normalized spacial score (nSPS) is 24.8. The van der Waals surface area contributed by atoms with Gasteiger partial charge in [-0.05, 0) is 12.8 Å². The Balaban J connectivity index is 2.51. The molecule has 0 aromatic heterocycles. The van der Waals surface area contributed by atoms with Crippen LogP contribution >= 0.6 is 0 Å². The van der Waals surface area contributed by atoms with Crippen LogP contribution in [0.25, 0.3) is 0 Å². The minimum absolute atomic E-state index is 0.0189. The quantitative estimate of drug-likeness (QED) is 0.633. The molecule has 1 saturated heterocycles. The second-order valence-electron chi connectivity index (χ2n) is 3.05. The first-order chi connectivity index (χ1) is 5.79. The summed E-state index contributed by atoms with van der Waals surface area (Å²) in [7, 11) is 0. The number of nitrogens with zero attached hydrogens (tertiary/aromatic N) is 1.